The molecule has 2 heteroatoms. The second-order valence-electron chi connectivity index (χ2n) is 6.33. The molecule has 3 rings (SSSR count). The lowest BCUT2D eigenvalue weighted by molar-refractivity contribution is 0.285. The Balaban J connectivity index is 1.85. The molecule has 2 fully saturated rings. The van der Waals surface area contributed by atoms with E-state index in [0.29, 0.717) is 5.54 Å². The van der Waals surface area contributed by atoms with Gasteiger partial charge >= 0.3 is 0 Å². The summed E-state index contributed by atoms with van der Waals surface area (Å²) in [6.07, 6.45) is 2.81. The Morgan fingerprint density at radius 1 is 1.28 bits per heavy atom. The van der Waals surface area contributed by atoms with Crippen LogP contribution in [-0.2, 0) is 0 Å². The van der Waals surface area contributed by atoms with E-state index in [4.69, 9.17) is 0 Å². The maximum atomic E-state index is 3.75. The number of rotatable bonds is 2. The smallest absolute Gasteiger partial charge is 0.0399 e. The zero-order valence-electron chi connectivity index (χ0n) is 11.8. The number of hydrogen-bond donors (Lipinski definition) is 1. The summed E-state index contributed by atoms with van der Waals surface area (Å²) in [5.41, 5.74) is 4.53. The van der Waals surface area contributed by atoms with Crippen LogP contribution in [0.2, 0.25) is 0 Å². The van der Waals surface area contributed by atoms with Crippen LogP contribution in [-0.4, -0.2) is 25.2 Å². The third kappa shape index (κ3) is 2.14. The quantitative estimate of drug-likeness (QED) is 0.860. The average Bonchev–Trinajstić information content (AvgIpc) is 3.17. The van der Waals surface area contributed by atoms with Crippen molar-refractivity contribution in [2.75, 3.05) is 24.5 Å². The lowest BCUT2D eigenvalue weighted by atomic mass is 9.92. The molecule has 1 aliphatic heterocycles. The zero-order valence-corrected chi connectivity index (χ0v) is 11.8. The normalized spacial score (nSPS) is 28.5. The number of anilines is 1. The molecule has 18 heavy (non-hydrogen) atoms. The van der Waals surface area contributed by atoms with Gasteiger partial charge in [-0.25, -0.2) is 0 Å². The molecule has 1 unspecified atom stereocenters. The molecule has 1 saturated heterocycles. The fraction of sp³-hybridized carbons (Fsp3) is 0.625. The van der Waals surface area contributed by atoms with Gasteiger partial charge in [-0.2, -0.15) is 0 Å². The first-order chi connectivity index (χ1) is 8.58. The Hall–Kier alpha value is -1.02. The minimum absolute atomic E-state index is 0.328. The zero-order chi connectivity index (χ0) is 12.8. The third-order valence-electron chi connectivity index (χ3n) is 4.61. The molecule has 1 aliphatic carbocycles. The fourth-order valence-corrected chi connectivity index (χ4v) is 3.27. The van der Waals surface area contributed by atoms with Crippen molar-refractivity contribution in [3.8, 4) is 0 Å². The van der Waals surface area contributed by atoms with Crippen molar-refractivity contribution >= 4 is 5.69 Å². The summed E-state index contributed by atoms with van der Waals surface area (Å²) in [5, 5.41) is 3.75. The van der Waals surface area contributed by atoms with Crippen LogP contribution in [0, 0.1) is 19.8 Å². The second-order valence-corrected chi connectivity index (χ2v) is 6.33. The molecular weight excluding hydrogens is 220 g/mol. The SMILES string of the molecule is Cc1ccc(C)c(N2CCNC(C)(C3CC3)C2)c1. The molecule has 2 aliphatic rings. The summed E-state index contributed by atoms with van der Waals surface area (Å²) >= 11 is 0. The van der Waals surface area contributed by atoms with Crippen molar-refractivity contribution in [1.29, 1.82) is 0 Å². The van der Waals surface area contributed by atoms with E-state index in [9.17, 15) is 0 Å². The van der Waals surface area contributed by atoms with Gasteiger partial charge in [0.1, 0.15) is 0 Å². The fourth-order valence-electron chi connectivity index (χ4n) is 3.27. The van der Waals surface area contributed by atoms with Gasteiger partial charge in [-0.15, -0.1) is 0 Å². The third-order valence-corrected chi connectivity index (χ3v) is 4.61. The topological polar surface area (TPSA) is 15.3 Å². The average molecular weight is 244 g/mol. The molecule has 0 aromatic heterocycles. The van der Waals surface area contributed by atoms with Gasteiger partial charge in [0.15, 0.2) is 0 Å². The Bertz CT molecular complexity index is 450. The second kappa shape index (κ2) is 4.27. The van der Waals surface area contributed by atoms with Crippen molar-refractivity contribution in [3.05, 3.63) is 29.3 Å². The summed E-state index contributed by atoms with van der Waals surface area (Å²) < 4.78 is 0. The van der Waals surface area contributed by atoms with Gasteiger partial charge in [-0.1, -0.05) is 12.1 Å². The molecule has 98 valence electrons. The van der Waals surface area contributed by atoms with E-state index in [-0.39, 0.29) is 0 Å². The predicted molar refractivity (Wildman–Crippen MR) is 77.3 cm³/mol. The number of piperazine rings is 1. The molecule has 1 aromatic carbocycles. The van der Waals surface area contributed by atoms with Gasteiger partial charge in [0.25, 0.3) is 0 Å². The molecule has 0 spiro atoms. The highest BCUT2D eigenvalue weighted by molar-refractivity contribution is 5.55. The molecule has 1 heterocycles. The van der Waals surface area contributed by atoms with Crippen LogP contribution in [0.15, 0.2) is 18.2 Å². The lowest BCUT2D eigenvalue weighted by Gasteiger charge is -2.43. The summed E-state index contributed by atoms with van der Waals surface area (Å²) in [6.45, 7) is 10.2. The van der Waals surface area contributed by atoms with E-state index < -0.39 is 0 Å². The van der Waals surface area contributed by atoms with Crippen molar-refractivity contribution < 1.29 is 0 Å². The number of aryl methyl sites for hydroxylation is 2. The van der Waals surface area contributed by atoms with Crippen molar-refractivity contribution in [3.63, 3.8) is 0 Å². The summed E-state index contributed by atoms with van der Waals surface area (Å²) in [5.74, 6) is 0.894. The van der Waals surface area contributed by atoms with E-state index in [1.807, 2.05) is 0 Å². The van der Waals surface area contributed by atoms with Crippen molar-refractivity contribution in [2.45, 2.75) is 39.2 Å². The highest BCUT2D eigenvalue weighted by atomic mass is 15.2. The minimum Gasteiger partial charge on any atom is -0.368 e. The number of benzene rings is 1. The van der Waals surface area contributed by atoms with E-state index in [2.05, 4.69) is 49.2 Å². The van der Waals surface area contributed by atoms with Crippen molar-refractivity contribution in [1.82, 2.24) is 5.32 Å². The van der Waals surface area contributed by atoms with Crippen LogP contribution >= 0.6 is 0 Å². The van der Waals surface area contributed by atoms with Gasteiger partial charge in [-0.3, -0.25) is 0 Å². The molecule has 1 N–H and O–H groups in total. The maximum Gasteiger partial charge on any atom is 0.0399 e. The Labute approximate surface area is 110 Å². The first-order valence-electron chi connectivity index (χ1n) is 7.16. The molecule has 2 nitrogen and oxygen atoms in total. The summed E-state index contributed by atoms with van der Waals surface area (Å²) in [6, 6.07) is 6.80. The van der Waals surface area contributed by atoms with E-state index in [1.165, 1.54) is 29.7 Å². The largest absolute Gasteiger partial charge is 0.368 e. The number of nitrogens with zero attached hydrogens (tertiary/aromatic N) is 1. The molecule has 1 aromatic rings. The number of hydrogen-bond acceptors (Lipinski definition) is 2. The number of nitrogens with one attached hydrogen (secondary N) is 1. The van der Waals surface area contributed by atoms with Gasteiger partial charge in [-0.05, 0) is 56.7 Å². The monoisotopic (exact) mass is 244 g/mol. The van der Waals surface area contributed by atoms with Gasteiger partial charge in [0.05, 0.1) is 0 Å². The van der Waals surface area contributed by atoms with Crippen LogP contribution in [0.5, 0.6) is 0 Å². The van der Waals surface area contributed by atoms with E-state index in [1.54, 1.807) is 0 Å². The lowest BCUT2D eigenvalue weighted by Crippen LogP contribution is -2.60. The van der Waals surface area contributed by atoms with Crippen molar-refractivity contribution in [2.24, 2.45) is 5.92 Å². The standard InChI is InChI=1S/C16H24N2/c1-12-4-5-13(2)15(10-12)18-9-8-17-16(3,11-18)14-6-7-14/h4-5,10,14,17H,6-9,11H2,1-3H3. The molecule has 1 atom stereocenters. The highest BCUT2D eigenvalue weighted by Gasteiger charge is 2.44. The first kappa shape index (κ1) is 12.0. The van der Waals surface area contributed by atoms with Crippen LogP contribution in [0.25, 0.3) is 0 Å². The van der Waals surface area contributed by atoms with Gasteiger partial charge in [0, 0.05) is 30.9 Å². The van der Waals surface area contributed by atoms with Gasteiger partial charge in [0.2, 0.25) is 0 Å². The van der Waals surface area contributed by atoms with Crippen LogP contribution in [0.4, 0.5) is 5.69 Å². The Morgan fingerprint density at radius 3 is 2.78 bits per heavy atom. The molecule has 1 saturated carbocycles. The minimum atomic E-state index is 0.328. The Kier molecular flexibility index (Phi) is 2.86. The summed E-state index contributed by atoms with van der Waals surface area (Å²) in [7, 11) is 0. The van der Waals surface area contributed by atoms with Crippen LogP contribution in [0.1, 0.15) is 30.9 Å². The maximum absolute atomic E-state index is 3.75. The van der Waals surface area contributed by atoms with E-state index >= 15 is 0 Å². The van der Waals surface area contributed by atoms with E-state index in [0.717, 1.165) is 25.6 Å². The van der Waals surface area contributed by atoms with Crippen LogP contribution < -0.4 is 10.2 Å². The van der Waals surface area contributed by atoms with Crippen LogP contribution in [0.3, 0.4) is 0 Å². The first-order valence-corrected chi connectivity index (χ1v) is 7.16. The molecule has 0 amide bonds. The molecular formula is C16H24N2. The Morgan fingerprint density at radius 2 is 2.06 bits per heavy atom. The summed E-state index contributed by atoms with van der Waals surface area (Å²) in [4.78, 5) is 2.58. The molecule has 0 bridgehead atoms. The predicted octanol–water partition coefficient (Wildman–Crippen LogP) is 2.88. The highest BCUT2D eigenvalue weighted by Crippen LogP contribution is 2.41. The molecule has 0 radical (unpaired) electrons. The van der Waals surface area contributed by atoms with Gasteiger partial charge < -0.3 is 10.2 Å².